The Morgan fingerprint density at radius 3 is 2.67 bits per heavy atom. The average Bonchev–Trinajstić information content (AvgIpc) is 2.90. The largest absolute Gasteiger partial charge is 0.396 e. The van der Waals surface area contributed by atoms with E-state index in [4.69, 9.17) is 5.73 Å². The van der Waals surface area contributed by atoms with Crippen molar-refractivity contribution >= 4 is 17.3 Å². The van der Waals surface area contributed by atoms with E-state index < -0.39 is 23.1 Å². The highest BCUT2D eigenvalue weighted by Crippen LogP contribution is 2.25. The summed E-state index contributed by atoms with van der Waals surface area (Å²) in [5.74, 6) is -2.36. The van der Waals surface area contributed by atoms with Gasteiger partial charge in [0.05, 0.1) is 11.3 Å². The summed E-state index contributed by atoms with van der Waals surface area (Å²) in [6.07, 6.45) is 3.11. The number of anilines is 2. The van der Waals surface area contributed by atoms with Gasteiger partial charge in [-0.1, -0.05) is 6.07 Å². The van der Waals surface area contributed by atoms with Crippen molar-refractivity contribution in [3.63, 3.8) is 0 Å². The molecule has 0 fully saturated rings. The van der Waals surface area contributed by atoms with Gasteiger partial charge in [0.25, 0.3) is 5.91 Å². The number of nitrogens with two attached hydrogens (primary N) is 1. The van der Waals surface area contributed by atoms with Gasteiger partial charge in [-0.2, -0.15) is 0 Å². The van der Waals surface area contributed by atoms with E-state index in [9.17, 15) is 13.6 Å². The van der Waals surface area contributed by atoms with Crippen LogP contribution in [0.3, 0.4) is 0 Å². The molecule has 0 atom stereocenters. The van der Waals surface area contributed by atoms with Gasteiger partial charge in [0.2, 0.25) is 0 Å². The Morgan fingerprint density at radius 1 is 1.10 bits per heavy atom. The van der Waals surface area contributed by atoms with Crippen molar-refractivity contribution in [2.45, 2.75) is 19.3 Å². The van der Waals surface area contributed by atoms with E-state index >= 15 is 0 Å². The van der Waals surface area contributed by atoms with E-state index in [2.05, 4.69) is 5.32 Å². The normalized spacial score (nSPS) is 13.0. The summed E-state index contributed by atoms with van der Waals surface area (Å²) in [7, 11) is 0. The monoisotopic (exact) mass is 288 g/mol. The number of hydrogen-bond donors (Lipinski definition) is 2. The van der Waals surface area contributed by atoms with Crippen LogP contribution in [0.4, 0.5) is 20.2 Å². The first-order valence-corrected chi connectivity index (χ1v) is 6.72. The zero-order chi connectivity index (χ0) is 15.0. The van der Waals surface area contributed by atoms with Crippen molar-refractivity contribution in [2.24, 2.45) is 0 Å². The van der Waals surface area contributed by atoms with Crippen LogP contribution in [-0.4, -0.2) is 5.91 Å². The van der Waals surface area contributed by atoms with Crippen LogP contribution in [0.2, 0.25) is 0 Å². The number of amides is 1. The maximum Gasteiger partial charge on any atom is 0.258 e. The van der Waals surface area contributed by atoms with Gasteiger partial charge in [-0.15, -0.1) is 0 Å². The Bertz CT molecular complexity index is 728. The molecule has 1 aliphatic rings. The number of halogens is 2. The summed E-state index contributed by atoms with van der Waals surface area (Å²) < 4.78 is 27.1. The standard InChI is InChI=1S/C16H14F2N2O/c17-11-7-13(15(18)14(19)8-11)16(21)20-12-5-4-9-2-1-3-10(9)6-12/h4-8H,1-3,19H2,(H,20,21). The van der Waals surface area contributed by atoms with Crippen molar-refractivity contribution in [3.8, 4) is 0 Å². The molecule has 1 aliphatic carbocycles. The lowest BCUT2D eigenvalue weighted by atomic mass is 10.1. The molecule has 0 aliphatic heterocycles. The number of benzene rings is 2. The third-order valence-electron chi connectivity index (χ3n) is 3.67. The van der Waals surface area contributed by atoms with Gasteiger partial charge in [0.15, 0.2) is 5.82 Å². The molecule has 1 amide bonds. The van der Waals surface area contributed by atoms with Gasteiger partial charge in [0.1, 0.15) is 5.82 Å². The molecule has 108 valence electrons. The van der Waals surface area contributed by atoms with E-state index in [1.165, 1.54) is 11.1 Å². The van der Waals surface area contributed by atoms with E-state index in [1.54, 1.807) is 6.07 Å². The molecule has 0 aromatic heterocycles. The van der Waals surface area contributed by atoms with Crippen LogP contribution in [0, 0.1) is 11.6 Å². The average molecular weight is 288 g/mol. The van der Waals surface area contributed by atoms with E-state index in [0.717, 1.165) is 31.4 Å². The summed E-state index contributed by atoms with van der Waals surface area (Å²) in [5.41, 5.74) is 7.59. The van der Waals surface area contributed by atoms with Gasteiger partial charge >= 0.3 is 0 Å². The molecule has 0 unspecified atom stereocenters. The van der Waals surface area contributed by atoms with Gasteiger partial charge in [-0.05, 0) is 54.7 Å². The number of carbonyl (C=O) groups is 1. The molecule has 21 heavy (non-hydrogen) atoms. The lowest BCUT2D eigenvalue weighted by molar-refractivity contribution is 0.102. The highest BCUT2D eigenvalue weighted by molar-refractivity contribution is 6.05. The molecule has 5 heteroatoms. The fourth-order valence-electron chi connectivity index (χ4n) is 2.62. The van der Waals surface area contributed by atoms with Crippen molar-refractivity contribution in [2.75, 3.05) is 11.1 Å². The Morgan fingerprint density at radius 2 is 1.86 bits per heavy atom. The maximum absolute atomic E-state index is 13.8. The number of aryl methyl sites for hydroxylation is 2. The molecular formula is C16H14F2N2O. The molecule has 0 heterocycles. The van der Waals surface area contributed by atoms with Gasteiger partial charge in [-0.3, -0.25) is 4.79 Å². The molecule has 3 N–H and O–H groups in total. The highest BCUT2D eigenvalue weighted by atomic mass is 19.1. The predicted molar refractivity (Wildman–Crippen MR) is 77.2 cm³/mol. The number of fused-ring (bicyclic) bond motifs is 1. The quantitative estimate of drug-likeness (QED) is 0.833. The van der Waals surface area contributed by atoms with Crippen LogP contribution in [0.5, 0.6) is 0 Å². The number of hydrogen-bond acceptors (Lipinski definition) is 2. The third-order valence-corrected chi connectivity index (χ3v) is 3.67. The molecular weight excluding hydrogens is 274 g/mol. The van der Waals surface area contributed by atoms with Gasteiger partial charge in [0, 0.05) is 5.69 Å². The molecule has 0 spiro atoms. The van der Waals surface area contributed by atoms with Crippen LogP contribution in [0.25, 0.3) is 0 Å². The maximum atomic E-state index is 13.8. The lowest BCUT2D eigenvalue weighted by Crippen LogP contribution is -2.15. The van der Waals surface area contributed by atoms with Crippen LogP contribution in [0.1, 0.15) is 27.9 Å². The van der Waals surface area contributed by atoms with Crippen LogP contribution in [-0.2, 0) is 12.8 Å². The molecule has 0 radical (unpaired) electrons. The summed E-state index contributed by atoms with van der Waals surface area (Å²) >= 11 is 0. The number of rotatable bonds is 2. The van der Waals surface area contributed by atoms with Gasteiger partial charge < -0.3 is 11.1 Å². The van der Waals surface area contributed by atoms with Gasteiger partial charge in [-0.25, -0.2) is 8.78 Å². The summed E-state index contributed by atoms with van der Waals surface area (Å²) in [4.78, 5) is 12.1. The Balaban J connectivity index is 1.87. The summed E-state index contributed by atoms with van der Waals surface area (Å²) in [6, 6.07) is 7.29. The minimum Gasteiger partial charge on any atom is -0.396 e. The predicted octanol–water partition coefficient (Wildman–Crippen LogP) is 3.29. The number of nitrogens with one attached hydrogen (secondary N) is 1. The smallest absolute Gasteiger partial charge is 0.258 e. The molecule has 3 nitrogen and oxygen atoms in total. The molecule has 0 saturated carbocycles. The minimum atomic E-state index is -0.907. The molecule has 2 aromatic rings. The second-order valence-corrected chi connectivity index (χ2v) is 5.15. The minimum absolute atomic E-state index is 0.380. The van der Waals surface area contributed by atoms with Crippen LogP contribution < -0.4 is 11.1 Å². The van der Waals surface area contributed by atoms with Crippen molar-refractivity contribution in [1.82, 2.24) is 0 Å². The Hall–Kier alpha value is -2.43. The van der Waals surface area contributed by atoms with Crippen LogP contribution >= 0.6 is 0 Å². The Labute approximate surface area is 120 Å². The molecule has 0 saturated heterocycles. The highest BCUT2D eigenvalue weighted by Gasteiger charge is 2.17. The molecule has 0 bridgehead atoms. The summed E-state index contributed by atoms with van der Waals surface area (Å²) in [5, 5.41) is 2.58. The molecule has 3 rings (SSSR count). The van der Waals surface area contributed by atoms with E-state index in [1.807, 2.05) is 12.1 Å². The number of carbonyl (C=O) groups excluding carboxylic acids is 1. The lowest BCUT2D eigenvalue weighted by Gasteiger charge is -2.09. The topological polar surface area (TPSA) is 55.1 Å². The molecule has 2 aromatic carbocycles. The van der Waals surface area contributed by atoms with Crippen molar-refractivity contribution < 1.29 is 13.6 Å². The third kappa shape index (κ3) is 2.59. The first kappa shape index (κ1) is 13.5. The van der Waals surface area contributed by atoms with Crippen molar-refractivity contribution in [3.05, 3.63) is 58.7 Å². The zero-order valence-electron chi connectivity index (χ0n) is 11.2. The zero-order valence-corrected chi connectivity index (χ0v) is 11.2. The van der Waals surface area contributed by atoms with E-state index in [0.29, 0.717) is 5.69 Å². The van der Waals surface area contributed by atoms with E-state index in [-0.39, 0.29) is 5.69 Å². The SMILES string of the molecule is Nc1cc(F)cc(C(=O)Nc2ccc3c(c2)CCC3)c1F. The second kappa shape index (κ2) is 5.16. The first-order chi connectivity index (χ1) is 10.0. The first-order valence-electron chi connectivity index (χ1n) is 6.72. The Kier molecular flexibility index (Phi) is 3.33. The fourth-order valence-corrected chi connectivity index (χ4v) is 2.62. The fraction of sp³-hybridized carbons (Fsp3) is 0.188. The van der Waals surface area contributed by atoms with Crippen LogP contribution in [0.15, 0.2) is 30.3 Å². The summed E-state index contributed by atoms with van der Waals surface area (Å²) in [6.45, 7) is 0. The second-order valence-electron chi connectivity index (χ2n) is 5.15. The van der Waals surface area contributed by atoms with Crippen molar-refractivity contribution in [1.29, 1.82) is 0 Å². The number of nitrogen functional groups attached to an aromatic ring is 1.